The van der Waals surface area contributed by atoms with E-state index in [0.717, 1.165) is 16.7 Å². The number of halogens is 6. The molecule has 3 aromatic rings. The Morgan fingerprint density at radius 2 is 1.23 bits per heavy atom. The zero-order chi connectivity index (χ0) is 33.0. The Morgan fingerprint density at radius 3 is 1.67 bits per heavy atom. The summed E-state index contributed by atoms with van der Waals surface area (Å²) in [5.41, 5.74) is 4.10. The molecule has 0 saturated heterocycles. The molecular weight excluding hydrogens is 596 g/mol. The molecule has 0 radical (unpaired) electrons. The number of carboxylic acid groups (broad SMARTS) is 3. The summed E-state index contributed by atoms with van der Waals surface area (Å²) in [6.07, 6.45) is -3.34. The molecule has 0 spiro atoms. The van der Waals surface area contributed by atoms with Gasteiger partial charge in [0, 0.05) is 18.0 Å². The number of phenolic OH excluding ortho intramolecular Hbond substituents is 1. The quantitative estimate of drug-likeness (QED) is 0.0988. The first-order valence-electron chi connectivity index (χ1n) is 11.3. The standard InChI is InChI=1S/C21H21N5O3.2C2HF3O2/c22-24-9-15-3-1-14(2-4-15)7-17-11-26(13-19(17)21(28)29)12-18-8-16(10-25-23)5-6-20(18)27;2*3-2(4,5)1(6)7/h1-6,8-11,13,27H,7,12,22-23H2,(H,28,29);2*(H,6,7). The molecule has 2 aromatic carbocycles. The fraction of sp³-hybridized carbons (Fsp3) is 0.160. The summed E-state index contributed by atoms with van der Waals surface area (Å²) in [6.45, 7) is 0.310. The van der Waals surface area contributed by atoms with E-state index in [0.29, 0.717) is 24.1 Å². The molecule has 0 saturated carbocycles. The molecular formula is C25H23F6N5O7. The highest BCUT2D eigenvalue weighted by atomic mass is 19.4. The van der Waals surface area contributed by atoms with Crippen LogP contribution in [0.3, 0.4) is 0 Å². The van der Waals surface area contributed by atoms with Gasteiger partial charge in [-0.2, -0.15) is 36.5 Å². The number of phenols is 1. The maximum atomic E-state index is 11.7. The number of carboxylic acids is 3. The van der Waals surface area contributed by atoms with Gasteiger partial charge in [0.05, 0.1) is 24.5 Å². The van der Waals surface area contributed by atoms with Crippen LogP contribution in [0.15, 0.2) is 65.1 Å². The van der Waals surface area contributed by atoms with Crippen LogP contribution in [0, 0.1) is 0 Å². The molecule has 3 rings (SSSR count). The van der Waals surface area contributed by atoms with Crippen LogP contribution in [0.25, 0.3) is 0 Å². The van der Waals surface area contributed by atoms with Gasteiger partial charge in [-0.05, 0) is 46.9 Å². The Balaban J connectivity index is 0.000000548. The molecule has 8 N–H and O–H groups in total. The molecule has 0 aliphatic carbocycles. The Bertz CT molecular complexity index is 1440. The molecule has 43 heavy (non-hydrogen) atoms. The highest BCUT2D eigenvalue weighted by molar-refractivity contribution is 5.89. The van der Waals surface area contributed by atoms with E-state index in [4.69, 9.17) is 31.5 Å². The molecule has 18 heteroatoms. The second kappa shape index (κ2) is 15.5. The van der Waals surface area contributed by atoms with E-state index in [1.165, 1.54) is 6.21 Å². The molecule has 1 aromatic heterocycles. The Labute approximate surface area is 237 Å². The van der Waals surface area contributed by atoms with Crippen molar-refractivity contribution < 1.29 is 61.2 Å². The van der Waals surface area contributed by atoms with Crippen LogP contribution in [-0.4, -0.2) is 67.7 Å². The van der Waals surface area contributed by atoms with E-state index in [1.54, 1.807) is 41.4 Å². The highest BCUT2D eigenvalue weighted by Gasteiger charge is 2.38. The minimum atomic E-state index is -5.08. The maximum Gasteiger partial charge on any atom is 0.490 e. The first-order valence-corrected chi connectivity index (χ1v) is 11.3. The summed E-state index contributed by atoms with van der Waals surface area (Å²) in [6, 6.07) is 12.5. The number of nitrogens with two attached hydrogens (primary N) is 2. The van der Waals surface area contributed by atoms with Gasteiger partial charge >= 0.3 is 30.3 Å². The van der Waals surface area contributed by atoms with E-state index in [-0.39, 0.29) is 11.3 Å². The van der Waals surface area contributed by atoms with Gasteiger partial charge in [-0.1, -0.05) is 24.3 Å². The number of aromatic nitrogens is 1. The van der Waals surface area contributed by atoms with Gasteiger partial charge in [0.25, 0.3) is 0 Å². The minimum absolute atomic E-state index is 0.114. The van der Waals surface area contributed by atoms with Crippen molar-refractivity contribution in [1.82, 2.24) is 4.57 Å². The number of rotatable bonds is 7. The summed E-state index contributed by atoms with van der Waals surface area (Å²) >= 11 is 0. The molecule has 0 unspecified atom stereocenters. The summed E-state index contributed by atoms with van der Waals surface area (Å²) in [5.74, 6) is 3.93. The Kier molecular flexibility index (Phi) is 12.7. The van der Waals surface area contributed by atoms with E-state index < -0.39 is 30.3 Å². The number of hydrogen-bond donors (Lipinski definition) is 6. The summed E-state index contributed by atoms with van der Waals surface area (Å²) < 4.78 is 65.2. The van der Waals surface area contributed by atoms with Crippen LogP contribution >= 0.6 is 0 Å². The zero-order valence-corrected chi connectivity index (χ0v) is 21.5. The summed E-state index contributed by atoms with van der Waals surface area (Å²) in [7, 11) is 0. The Morgan fingerprint density at radius 1 is 0.767 bits per heavy atom. The van der Waals surface area contributed by atoms with Crippen LogP contribution < -0.4 is 11.7 Å². The predicted molar refractivity (Wildman–Crippen MR) is 139 cm³/mol. The maximum absolute atomic E-state index is 11.7. The van der Waals surface area contributed by atoms with Crippen molar-refractivity contribution in [2.24, 2.45) is 21.9 Å². The lowest BCUT2D eigenvalue weighted by molar-refractivity contribution is -0.193. The van der Waals surface area contributed by atoms with Crippen LogP contribution in [0.4, 0.5) is 26.3 Å². The molecule has 12 nitrogen and oxygen atoms in total. The minimum Gasteiger partial charge on any atom is -0.508 e. The normalized spacial score (nSPS) is 11.4. The number of aromatic carboxylic acids is 1. The fourth-order valence-corrected chi connectivity index (χ4v) is 3.10. The molecule has 0 aliphatic heterocycles. The number of aromatic hydroxyl groups is 1. The highest BCUT2D eigenvalue weighted by Crippen LogP contribution is 2.22. The number of benzene rings is 2. The third kappa shape index (κ3) is 12.2. The molecule has 0 atom stereocenters. The summed E-state index contributed by atoms with van der Waals surface area (Å²) in [5, 5.41) is 40.9. The van der Waals surface area contributed by atoms with Crippen molar-refractivity contribution in [1.29, 1.82) is 0 Å². The average molecular weight is 619 g/mol. The predicted octanol–water partition coefficient (Wildman–Crippen LogP) is 3.38. The van der Waals surface area contributed by atoms with E-state index in [2.05, 4.69) is 10.2 Å². The average Bonchev–Trinajstić information content (AvgIpc) is 3.29. The topological polar surface area (TPSA) is 214 Å². The molecule has 232 valence electrons. The van der Waals surface area contributed by atoms with E-state index >= 15 is 0 Å². The molecule has 0 bridgehead atoms. The van der Waals surface area contributed by atoms with Gasteiger partial charge in [0.15, 0.2) is 0 Å². The molecule has 0 amide bonds. The molecule has 0 fully saturated rings. The second-order valence-electron chi connectivity index (χ2n) is 8.14. The van der Waals surface area contributed by atoms with Crippen LogP contribution in [0.1, 0.15) is 38.2 Å². The van der Waals surface area contributed by atoms with Crippen molar-refractivity contribution in [2.45, 2.75) is 25.3 Å². The monoisotopic (exact) mass is 619 g/mol. The van der Waals surface area contributed by atoms with Crippen LogP contribution in [-0.2, 0) is 22.6 Å². The molecule has 0 aliphatic rings. The van der Waals surface area contributed by atoms with Gasteiger partial charge in [0.1, 0.15) is 5.75 Å². The SMILES string of the molecule is NN=Cc1ccc(Cc2cn(Cc3cc(C=NN)ccc3O)cc2C(=O)O)cc1.O=C(O)C(F)(F)F.O=C(O)C(F)(F)F. The number of hydrogen-bond acceptors (Lipinski definition) is 8. The van der Waals surface area contributed by atoms with Crippen molar-refractivity contribution in [3.05, 3.63) is 88.2 Å². The van der Waals surface area contributed by atoms with E-state index in [9.17, 15) is 41.4 Å². The number of hydrazone groups is 2. The van der Waals surface area contributed by atoms with Gasteiger partial charge in [-0.25, -0.2) is 14.4 Å². The molecule has 1 heterocycles. The Hall–Kier alpha value is -5.55. The first-order chi connectivity index (χ1) is 19.9. The van der Waals surface area contributed by atoms with E-state index in [1.807, 2.05) is 24.3 Å². The lowest BCUT2D eigenvalue weighted by Gasteiger charge is -2.07. The van der Waals surface area contributed by atoms with Gasteiger partial charge in [-0.15, -0.1) is 0 Å². The second-order valence-corrected chi connectivity index (χ2v) is 8.14. The lowest BCUT2D eigenvalue weighted by Crippen LogP contribution is -2.21. The van der Waals surface area contributed by atoms with Crippen LogP contribution in [0.5, 0.6) is 5.75 Å². The van der Waals surface area contributed by atoms with Gasteiger partial charge < -0.3 is 36.7 Å². The largest absolute Gasteiger partial charge is 0.508 e. The van der Waals surface area contributed by atoms with Crippen molar-refractivity contribution in [3.63, 3.8) is 0 Å². The third-order valence-corrected chi connectivity index (χ3v) is 4.96. The van der Waals surface area contributed by atoms with Crippen molar-refractivity contribution in [3.8, 4) is 5.75 Å². The summed E-state index contributed by atoms with van der Waals surface area (Å²) in [4.78, 5) is 29.5. The van der Waals surface area contributed by atoms with Crippen LogP contribution in [0.2, 0.25) is 0 Å². The number of aliphatic carboxylic acids is 2. The van der Waals surface area contributed by atoms with Gasteiger partial charge in [-0.3, -0.25) is 0 Å². The first kappa shape index (κ1) is 35.5. The third-order valence-electron chi connectivity index (χ3n) is 4.96. The zero-order valence-electron chi connectivity index (χ0n) is 21.5. The van der Waals surface area contributed by atoms with Gasteiger partial charge in [0.2, 0.25) is 0 Å². The fourth-order valence-electron chi connectivity index (χ4n) is 3.10. The lowest BCUT2D eigenvalue weighted by atomic mass is 10.0. The van der Waals surface area contributed by atoms with Crippen molar-refractivity contribution in [2.75, 3.05) is 0 Å². The number of alkyl halides is 6. The number of carbonyl (C=O) groups is 3. The number of nitrogens with zero attached hydrogens (tertiary/aromatic N) is 3. The smallest absolute Gasteiger partial charge is 0.490 e. The van der Waals surface area contributed by atoms with Crippen molar-refractivity contribution >= 4 is 30.3 Å².